The van der Waals surface area contributed by atoms with Crippen LogP contribution in [-0.2, 0) is 0 Å². The Morgan fingerprint density at radius 3 is 2.59 bits per heavy atom. The third kappa shape index (κ3) is 3.58. The van der Waals surface area contributed by atoms with Crippen LogP contribution in [0.3, 0.4) is 0 Å². The predicted molar refractivity (Wildman–Crippen MR) is 70.7 cm³/mol. The molecule has 0 amide bonds. The molecule has 4 nitrogen and oxygen atoms in total. The summed E-state index contributed by atoms with van der Waals surface area (Å²) in [6.07, 6.45) is 10.1. The molecule has 1 heterocycles. The average Bonchev–Trinajstić information content (AvgIpc) is 2.37. The molecular formula is C13H22N4. The van der Waals surface area contributed by atoms with E-state index in [0.29, 0.717) is 5.82 Å². The Morgan fingerprint density at radius 2 is 1.94 bits per heavy atom. The van der Waals surface area contributed by atoms with Gasteiger partial charge in [0.2, 0.25) is 0 Å². The molecule has 0 radical (unpaired) electrons. The number of nitrogens with two attached hydrogens (primary N) is 1. The van der Waals surface area contributed by atoms with Crippen molar-refractivity contribution < 1.29 is 0 Å². The van der Waals surface area contributed by atoms with Gasteiger partial charge in [-0.2, -0.15) is 0 Å². The summed E-state index contributed by atoms with van der Waals surface area (Å²) in [5.41, 5.74) is 5.59. The van der Waals surface area contributed by atoms with Crippen LogP contribution in [0, 0.1) is 11.8 Å². The fourth-order valence-electron chi connectivity index (χ4n) is 2.56. The Balaban J connectivity index is 1.76. The number of hydrogen-bond acceptors (Lipinski definition) is 4. The zero-order valence-corrected chi connectivity index (χ0v) is 10.5. The van der Waals surface area contributed by atoms with Gasteiger partial charge in [0.05, 0.1) is 12.4 Å². The summed E-state index contributed by atoms with van der Waals surface area (Å²) >= 11 is 0. The highest BCUT2D eigenvalue weighted by Crippen LogP contribution is 2.30. The summed E-state index contributed by atoms with van der Waals surface area (Å²) in [6.45, 7) is 3.29. The number of hydrogen-bond donors (Lipinski definition) is 2. The number of nitrogens with zero attached hydrogens (tertiary/aromatic N) is 2. The van der Waals surface area contributed by atoms with Crippen LogP contribution in [0.5, 0.6) is 0 Å². The standard InChI is InChI=1S/C13H22N4/c1-2-10-3-5-11(6-4-10)7-16-13-9-15-8-12(14)17-13/h8-11H,2-7H2,1H3,(H3,14,16,17). The molecule has 94 valence electrons. The minimum atomic E-state index is 0.477. The average molecular weight is 234 g/mol. The molecule has 1 aliphatic carbocycles. The molecule has 17 heavy (non-hydrogen) atoms. The van der Waals surface area contributed by atoms with Crippen molar-refractivity contribution in [1.29, 1.82) is 0 Å². The number of nitrogen functional groups attached to an aromatic ring is 1. The van der Waals surface area contributed by atoms with Crippen LogP contribution in [0.25, 0.3) is 0 Å². The molecule has 1 aromatic heterocycles. The van der Waals surface area contributed by atoms with E-state index in [0.717, 1.165) is 24.2 Å². The van der Waals surface area contributed by atoms with Crippen molar-refractivity contribution in [2.24, 2.45) is 11.8 Å². The van der Waals surface area contributed by atoms with Gasteiger partial charge >= 0.3 is 0 Å². The Kier molecular flexibility index (Phi) is 4.18. The van der Waals surface area contributed by atoms with Gasteiger partial charge in [-0.25, -0.2) is 4.98 Å². The van der Waals surface area contributed by atoms with Gasteiger partial charge in [0.15, 0.2) is 0 Å². The van der Waals surface area contributed by atoms with E-state index in [1.807, 2.05) is 0 Å². The molecule has 2 rings (SSSR count). The van der Waals surface area contributed by atoms with Gasteiger partial charge in [0.1, 0.15) is 11.6 Å². The lowest BCUT2D eigenvalue weighted by atomic mass is 9.81. The molecule has 0 atom stereocenters. The van der Waals surface area contributed by atoms with Gasteiger partial charge in [0.25, 0.3) is 0 Å². The topological polar surface area (TPSA) is 63.8 Å². The van der Waals surface area contributed by atoms with Crippen LogP contribution in [0.2, 0.25) is 0 Å². The van der Waals surface area contributed by atoms with Crippen molar-refractivity contribution in [2.75, 3.05) is 17.6 Å². The maximum absolute atomic E-state index is 5.59. The zero-order chi connectivity index (χ0) is 12.1. The van der Waals surface area contributed by atoms with E-state index in [9.17, 15) is 0 Å². The predicted octanol–water partition coefficient (Wildman–Crippen LogP) is 2.69. The summed E-state index contributed by atoms with van der Waals surface area (Å²) in [5.74, 6) is 3.01. The first-order chi connectivity index (χ1) is 8.28. The fourth-order valence-corrected chi connectivity index (χ4v) is 2.56. The minimum absolute atomic E-state index is 0.477. The van der Waals surface area contributed by atoms with Crippen molar-refractivity contribution in [1.82, 2.24) is 9.97 Å². The summed E-state index contributed by atoms with van der Waals surface area (Å²) in [6, 6.07) is 0. The number of anilines is 2. The SMILES string of the molecule is CCC1CCC(CNc2cncc(N)n2)CC1. The van der Waals surface area contributed by atoms with Gasteiger partial charge in [-0.15, -0.1) is 0 Å². The fraction of sp³-hybridized carbons (Fsp3) is 0.692. The molecule has 3 N–H and O–H groups in total. The summed E-state index contributed by atoms with van der Waals surface area (Å²) in [5, 5.41) is 3.33. The van der Waals surface area contributed by atoms with Gasteiger partial charge in [-0.1, -0.05) is 26.2 Å². The van der Waals surface area contributed by atoms with Crippen LogP contribution in [0.4, 0.5) is 11.6 Å². The van der Waals surface area contributed by atoms with E-state index in [1.165, 1.54) is 32.1 Å². The molecular weight excluding hydrogens is 212 g/mol. The van der Waals surface area contributed by atoms with Gasteiger partial charge in [-0.05, 0) is 24.7 Å². The number of rotatable bonds is 4. The highest BCUT2D eigenvalue weighted by atomic mass is 15.0. The molecule has 1 saturated carbocycles. The Labute approximate surface area is 103 Å². The van der Waals surface area contributed by atoms with Gasteiger partial charge in [-0.3, -0.25) is 4.98 Å². The van der Waals surface area contributed by atoms with Crippen molar-refractivity contribution in [3.8, 4) is 0 Å². The Hall–Kier alpha value is -1.32. The van der Waals surface area contributed by atoms with Crippen molar-refractivity contribution in [2.45, 2.75) is 39.0 Å². The smallest absolute Gasteiger partial charge is 0.146 e. The highest BCUT2D eigenvalue weighted by molar-refractivity contribution is 5.38. The van der Waals surface area contributed by atoms with E-state index in [1.54, 1.807) is 12.4 Å². The third-order valence-corrected chi connectivity index (χ3v) is 3.77. The number of aromatic nitrogens is 2. The second-order valence-electron chi connectivity index (χ2n) is 5.01. The summed E-state index contributed by atoms with van der Waals surface area (Å²) in [4.78, 5) is 8.22. The van der Waals surface area contributed by atoms with Crippen LogP contribution in [0.15, 0.2) is 12.4 Å². The first kappa shape index (κ1) is 12.1. The molecule has 0 bridgehead atoms. The maximum atomic E-state index is 5.59. The molecule has 0 aliphatic heterocycles. The maximum Gasteiger partial charge on any atom is 0.146 e. The van der Waals surface area contributed by atoms with E-state index >= 15 is 0 Å². The van der Waals surface area contributed by atoms with Crippen molar-refractivity contribution in [3.05, 3.63) is 12.4 Å². The quantitative estimate of drug-likeness (QED) is 0.840. The second kappa shape index (κ2) is 5.84. The summed E-state index contributed by atoms with van der Waals surface area (Å²) < 4.78 is 0. The summed E-state index contributed by atoms with van der Waals surface area (Å²) in [7, 11) is 0. The minimum Gasteiger partial charge on any atom is -0.382 e. The van der Waals surface area contributed by atoms with Crippen molar-refractivity contribution in [3.63, 3.8) is 0 Å². The monoisotopic (exact) mass is 234 g/mol. The zero-order valence-electron chi connectivity index (χ0n) is 10.5. The van der Waals surface area contributed by atoms with Crippen molar-refractivity contribution >= 4 is 11.6 Å². The second-order valence-corrected chi connectivity index (χ2v) is 5.01. The lowest BCUT2D eigenvalue weighted by Gasteiger charge is -2.27. The van der Waals surface area contributed by atoms with Gasteiger partial charge < -0.3 is 11.1 Å². The molecule has 0 saturated heterocycles. The Bertz CT molecular complexity index is 345. The molecule has 4 heteroatoms. The normalized spacial score (nSPS) is 24.5. The first-order valence-electron chi connectivity index (χ1n) is 6.59. The Morgan fingerprint density at radius 1 is 1.24 bits per heavy atom. The van der Waals surface area contributed by atoms with Crippen LogP contribution in [0.1, 0.15) is 39.0 Å². The number of nitrogens with one attached hydrogen (secondary N) is 1. The molecule has 0 aromatic carbocycles. The highest BCUT2D eigenvalue weighted by Gasteiger charge is 2.19. The largest absolute Gasteiger partial charge is 0.382 e. The van der Waals surface area contributed by atoms with E-state index in [4.69, 9.17) is 5.73 Å². The molecule has 0 spiro atoms. The lowest BCUT2D eigenvalue weighted by Crippen LogP contribution is -2.21. The third-order valence-electron chi connectivity index (χ3n) is 3.77. The molecule has 1 fully saturated rings. The van der Waals surface area contributed by atoms with Crippen LogP contribution in [-0.4, -0.2) is 16.5 Å². The van der Waals surface area contributed by atoms with Crippen LogP contribution < -0.4 is 11.1 Å². The van der Waals surface area contributed by atoms with Gasteiger partial charge in [0, 0.05) is 6.54 Å². The van der Waals surface area contributed by atoms with E-state index in [2.05, 4.69) is 22.2 Å². The van der Waals surface area contributed by atoms with E-state index in [-0.39, 0.29) is 0 Å². The van der Waals surface area contributed by atoms with Crippen LogP contribution >= 0.6 is 0 Å². The molecule has 0 unspecified atom stereocenters. The van der Waals surface area contributed by atoms with E-state index < -0.39 is 0 Å². The molecule has 1 aliphatic rings. The first-order valence-corrected chi connectivity index (χ1v) is 6.59. The molecule has 1 aromatic rings. The lowest BCUT2D eigenvalue weighted by molar-refractivity contribution is 0.278.